The van der Waals surface area contributed by atoms with Gasteiger partial charge >= 0.3 is 0 Å². The van der Waals surface area contributed by atoms with E-state index in [1.54, 1.807) is 12.5 Å². The molecule has 14 heavy (non-hydrogen) atoms. The lowest BCUT2D eigenvalue weighted by atomic mass is 10.5. The van der Waals surface area contributed by atoms with E-state index in [-0.39, 0.29) is 0 Å². The van der Waals surface area contributed by atoms with Crippen molar-refractivity contribution in [3.05, 3.63) is 12.5 Å². The van der Waals surface area contributed by atoms with Gasteiger partial charge in [0.2, 0.25) is 5.95 Å². The molecular formula is C8H11N5O. The first-order chi connectivity index (χ1) is 6.90. The molecule has 0 aliphatic carbocycles. The summed E-state index contributed by atoms with van der Waals surface area (Å²) in [6.07, 6.45) is 4.18. The van der Waals surface area contributed by atoms with Crippen LogP contribution in [0.15, 0.2) is 12.5 Å². The van der Waals surface area contributed by atoms with Crippen molar-refractivity contribution in [2.75, 3.05) is 12.1 Å². The highest BCUT2D eigenvalue weighted by Crippen LogP contribution is 2.06. The highest BCUT2D eigenvalue weighted by molar-refractivity contribution is 5.69. The van der Waals surface area contributed by atoms with Crippen LogP contribution in [0, 0.1) is 0 Å². The molecule has 0 unspecified atom stereocenters. The lowest BCUT2D eigenvalue weighted by Crippen LogP contribution is -2.05. The van der Waals surface area contributed by atoms with Crippen molar-refractivity contribution in [3.8, 4) is 0 Å². The maximum Gasteiger partial charge on any atom is 0.249 e. The fourth-order valence-electron chi connectivity index (χ4n) is 1.00. The quantitative estimate of drug-likeness (QED) is 0.561. The van der Waals surface area contributed by atoms with Crippen molar-refractivity contribution in [3.63, 3.8) is 0 Å². The van der Waals surface area contributed by atoms with Crippen LogP contribution in [0.25, 0.3) is 11.2 Å². The maximum atomic E-state index is 5.08. The minimum atomic E-state index is 0.429. The van der Waals surface area contributed by atoms with E-state index in [4.69, 9.17) is 4.84 Å². The van der Waals surface area contributed by atoms with Gasteiger partial charge in [0.1, 0.15) is 5.52 Å². The Bertz CT molecular complexity index is 413. The maximum absolute atomic E-state index is 5.08. The Morgan fingerprint density at radius 1 is 1.50 bits per heavy atom. The summed E-state index contributed by atoms with van der Waals surface area (Å²) < 4.78 is 0. The van der Waals surface area contributed by atoms with Crippen LogP contribution < -0.4 is 5.48 Å². The van der Waals surface area contributed by atoms with Gasteiger partial charge in [0.15, 0.2) is 5.65 Å². The number of aromatic nitrogens is 4. The first-order valence-corrected chi connectivity index (χ1v) is 4.44. The molecule has 0 atom stereocenters. The van der Waals surface area contributed by atoms with Gasteiger partial charge in [-0.05, 0) is 6.42 Å². The van der Waals surface area contributed by atoms with Crippen LogP contribution in [0.1, 0.15) is 13.3 Å². The Kier molecular flexibility index (Phi) is 2.55. The molecule has 2 aromatic rings. The Balaban J connectivity index is 2.10. The third kappa shape index (κ3) is 1.80. The van der Waals surface area contributed by atoms with Crippen molar-refractivity contribution in [2.24, 2.45) is 0 Å². The number of anilines is 1. The normalized spacial score (nSPS) is 10.6. The summed E-state index contributed by atoms with van der Waals surface area (Å²) >= 11 is 0. The third-order valence-electron chi connectivity index (χ3n) is 1.65. The van der Waals surface area contributed by atoms with Crippen molar-refractivity contribution < 1.29 is 4.84 Å². The molecule has 0 aromatic carbocycles. The van der Waals surface area contributed by atoms with Gasteiger partial charge in [-0.1, -0.05) is 6.92 Å². The fourth-order valence-corrected chi connectivity index (χ4v) is 1.00. The first-order valence-electron chi connectivity index (χ1n) is 4.44. The zero-order valence-electron chi connectivity index (χ0n) is 7.82. The molecule has 0 spiro atoms. The van der Waals surface area contributed by atoms with Gasteiger partial charge in [-0.3, -0.25) is 4.84 Å². The van der Waals surface area contributed by atoms with Crippen LogP contribution in [0.3, 0.4) is 0 Å². The summed E-state index contributed by atoms with van der Waals surface area (Å²) in [5, 5.41) is 0. The number of hydrogen-bond donors (Lipinski definition) is 2. The fraction of sp³-hybridized carbons (Fsp3) is 0.375. The second kappa shape index (κ2) is 4.01. The van der Waals surface area contributed by atoms with Gasteiger partial charge in [-0.15, -0.1) is 0 Å². The Hall–Kier alpha value is -1.69. The SMILES string of the molecule is CCCONc1ncc2[nH]cnc2n1. The highest BCUT2D eigenvalue weighted by Gasteiger charge is 2.00. The third-order valence-corrected chi connectivity index (χ3v) is 1.65. The second-order valence-electron chi connectivity index (χ2n) is 2.78. The zero-order valence-corrected chi connectivity index (χ0v) is 7.82. The lowest BCUT2D eigenvalue weighted by Gasteiger charge is -2.02. The molecule has 0 aliphatic heterocycles. The molecule has 74 valence electrons. The monoisotopic (exact) mass is 193 g/mol. The van der Waals surface area contributed by atoms with Crippen LogP contribution in [0.5, 0.6) is 0 Å². The molecule has 0 amide bonds. The van der Waals surface area contributed by atoms with E-state index in [2.05, 4.69) is 25.4 Å². The molecule has 2 rings (SSSR count). The number of H-pyrrole nitrogens is 1. The topological polar surface area (TPSA) is 75.7 Å². The van der Waals surface area contributed by atoms with E-state index in [9.17, 15) is 0 Å². The molecule has 0 bridgehead atoms. The number of rotatable bonds is 4. The number of imidazole rings is 1. The summed E-state index contributed by atoms with van der Waals surface area (Å²) in [5.74, 6) is 0.429. The van der Waals surface area contributed by atoms with Gasteiger partial charge in [0.25, 0.3) is 0 Å². The smallest absolute Gasteiger partial charge is 0.249 e. The van der Waals surface area contributed by atoms with Crippen molar-refractivity contribution in [1.29, 1.82) is 0 Å². The predicted octanol–water partition coefficient (Wildman–Crippen LogP) is 1.11. The molecular weight excluding hydrogens is 182 g/mol. The number of nitrogens with zero attached hydrogens (tertiary/aromatic N) is 3. The molecule has 0 fully saturated rings. The van der Waals surface area contributed by atoms with Crippen LogP contribution in [0.2, 0.25) is 0 Å². The van der Waals surface area contributed by atoms with E-state index in [1.165, 1.54) is 0 Å². The van der Waals surface area contributed by atoms with Crippen LogP contribution >= 0.6 is 0 Å². The van der Waals surface area contributed by atoms with Gasteiger partial charge in [-0.2, -0.15) is 4.98 Å². The molecule has 2 N–H and O–H groups in total. The first kappa shape index (κ1) is 8.89. The second-order valence-corrected chi connectivity index (χ2v) is 2.78. The Morgan fingerprint density at radius 2 is 2.43 bits per heavy atom. The van der Waals surface area contributed by atoms with Crippen molar-refractivity contribution in [2.45, 2.75) is 13.3 Å². The van der Waals surface area contributed by atoms with E-state index in [0.29, 0.717) is 18.2 Å². The summed E-state index contributed by atoms with van der Waals surface area (Å²) in [6, 6.07) is 0. The average Bonchev–Trinajstić information content (AvgIpc) is 2.65. The largest absolute Gasteiger partial charge is 0.342 e. The van der Waals surface area contributed by atoms with Gasteiger partial charge in [0.05, 0.1) is 19.1 Å². The summed E-state index contributed by atoms with van der Waals surface area (Å²) in [5.41, 5.74) is 4.09. The molecule has 0 saturated carbocycles. The minimum absolute atomic E-state index is 0.429. The lowest BCUT2D eigenvalue weighted by molar-refractivity contribution is 0.191. The van der Waals surface area contributed by atoms with Crippen molar-refractivity contribution >= 4 is 17.1 Å². The molecule has 6 heteroatoms. The van der Waals surface area contributed by atoms with Gasteiger partial charge < -0.3 is 4.98 Å². The molecule has 2 heterocycles. The van der Waals surface area contributed by atoms with Crippen LogP contribution in [-0.4, -0.2) is 26.5 Å². The number of hydrogen-bond acceptors (Lipinski definition) is 5. The van der Waals surface area contributed by atoms with Crippen LogP contribution in [0.4, 0.5) is 5.95 Å². The van der Waals surface area contributed by atoms with Crippen LogP contribution in [-0.2, 0) is 4.84 Å². The van der Waals surface area contributed by atoms with E-state index < -0.39 is 0 Å². The Morgan fingerprint density at radius 3 is 3.29 bits per heavy atom. The minimum Gasteiger partial charge on any atom is -0.342 e. The van der Waals surface area contributed by atoms with E-state index in [0.717, 1.165) is 11.9 Å². The molecule has 0 radical (unpaired) electrons. The van der Waals surface area contributed by atoms with Gasteiger partial charge in [-0.25, -0.2) is 15.4 Å². The summed E-state index contributed by atoms with van der Waals surface area (Å²) in [6.45, 7) is 2.65. The standard InChI is InChI=1S/C8H11N5O/c1-2-3-14-13-8-9-4-6-7(12-8)11-5-10-6/h4-5H,2-3H2,1H3,(H2,9,10,11,12,13). The molecule has 0 saturated heterocycles. The summed E-state index contributed by atoms with van der Waals surface area (Å²) in [7, 11) is 0. The average molecular weight is 193 g/mol. The molecule has 2 aromatic heterocycles. The predicted molar refractivity (Wildman–Crippen MR) is 51.5 cm³/mol. The zero-order chi connectivity index (χ0) is 9.80. The summed E-state index contributed by atoms with van der Waals surface area (Å²) in [4.78, 5) is 20.1. The van der Waals surface area contributed by atoms with Crippen molar-refractivity contribution in [1.82, 2.24) is 19.9 Å². The van der Waals surface area contributed by atoms with Gasteiger partial charge in [0, 0.05) is 0 Å². The van der Waals surface area contributed by atoms with E-state index in [1.807, 2.05) is 6.92 Å². The number of nitrogens with one attached hydrogen (secondary N) is 2. The van der Waals surface area contributed by atoms with E-state index >= 15 is 0 Å². The Labute approximate surface area is 80.7 Å². The molecule has 0 aliphatic rings. The highest BCUT2D eigenvalue weighted by atomic mass is 16.6. The number of aromatic amines is 1. The number of fused-ring (bicyclic) bond motifs is 1. The molecule has 6 nitrogen and oxygen atoms in total.